The van der Waals surface area contributed by atoms with Gasteiger partial charge in [0.05, 0.1) is 24.9 Å². The van der Waals surface area contributed by atoms with Crippen LogP contribution in [-0.2, 0) is 6.54 Å². The number of imidazole rings is 1. The Hall–Kier alpha value is -2.77. The van der Waals surface area contributed by atoms with Crippen LogP contribution in [0, 0.1) is 0 Å². The first-order chi connectivity index (χ1) is 14.1. The third-order valence-electron chi connectivity index (χ3n) is 4.08. The summed E-state index contributed by atoms with van der Waals surface area (Å²) in [5.74, 6) is 0.569. The van der Waals surface area contributed by atoms with Gasteiger partial charge in [0.1, 0.15) is 12.0 Å². The smallest absolute Gasteiger partial charge is 0.208 e. The molecule has 0 amide bonds. The van der Waals surface area contributed by atoms with Gasteiger partial charge in [-0.2, -0.15) is 9.49 Å². The van der Waals surface area contributed by atoms with E-state index in [0.29, 0.717) is 6.42 Å². The summed E-state index contributed by atoms with van der Waals surface area (Å²) in [6, 6.07) is 0. The topological polar surface area (TPSA) is 70.2 Å². The molecular weight excluding hydrogens is 369 g/mol. The molecule has 1 atom stereocenters. The molecule has 1 unspecified atom stereocenters. The van der Waals surface area contributed by atoms with Crippen LogP contribution in [-0.4, -0.2) is 39.0 Å². The minimum atomic E-state index is -0.394. The lowest BCUT2D eigenvalue weighted by Gasteiger charge is -2.29. The normalized spacial score (nSPS) is 17.9. The monoisotopic (exact) mass is 403 g/mol. The number of amidine groups is 1. The molecule has 2 aliphatic rings. The van der Waals surface area contributed by atoms with Gasteiger partial charge >= 0.3 is 0 Å². The number of aromatic nitrogens is 2. The number of nitrogens with one attached hydrogen (secondary N) is 1. The van der Waals surface area contributed by atoms with Crippen molar-refractivity contribution < 1.29 is 4.39 Å². The molecule has 29 heavy (non-hydrogen) atoms. The number of hydrazone groups is 1. The van der Waals surface area contributed by atoms with Crippen LogP contribution >= 0.6 is 0 Å². The Morgan fingerprint density at radius 3 is 2.69 bits per heavy atom. The first-order valence-electron chi connectivity index (χ1n) is 10.2. The lowest BCUT2D eigenvalue weighted by atomic mass is 10.0. The molecule has 1 aromatic heterocycles. The second-order valence-electron chi connectivity index (χ2n) is 6.12. The second kappa shape index (κ2) is 13.4. The molecule has 7 nitrogen and oxygen atoms in total. The molecule has 0 fully saturated rings. The summed E-state index contributed by atoms with van der Waals surface area (Å²) in [5, 5.41) is 4.29. The molecule has 1 aromatic rings. The number of nitrogens with zero attached hydrogens (tertiary/aromatic N) is 6. The van der Waals surface area contributed by atoms with Gasteiger partial charge in [-0.1, -0.05) is 34.1 Å². The second-order valence-corrected chi connectivity index (χ2v) is 6.12. The number of hydrogen-bond donors (Lipinski definition) is 1. The Morgan fingerprint density at radius 1 is 1.34 bits per heavy atom. The highest BCUT2D eigenvalue weighted by Gasteiger charge is 2.31. The molecule has 0 radical (unpaired) electrons. The van der Waals surface area contributed by atoms with E-state index in [-0.39, 0.29) is 6.17 Å². The van der Waals surface area contributed by atoms with Crippen molar-refractivity contribution in [3.63, 3.8) is 0 Å². The van der Waals surface area contributed by atoms with Gasteiger partial charge in [-0.05, 0) is 38.3 Å². The van der Waals surface area contributed by atoms with Crippen LogP contribution < -0.4 is 5.43 Å². The fourth-order valence-electron chi connectivity index (χ4n) is 2.82. The summed E-state index contributed by atoms with van der Waals surface area (Å²) in [4.78, 5) is 14.2. The minimum absolute atomic E-state index is 0.135. The lowest BCUT2D eigenvalue weighted by molar-refractivity contribution is 0.439. The Bertz CT molecular complexity index is 745. The molecule has 0 aromatic carbocycles. The van der Waals surface area contributed by atoms with E-state index in [2.05, 4.69) is 37.3 Å². The highest BCUT2D eigenvalue weighted by molar-refractivity contribution is 5.93. The number of rotatable bonds is 6. The zero-order valence-corrected chi connectivity index (χ0v) is 18.4. The zero-order valence-electron chi connectivity index (χ0n) is 18.4. The van der Waals surface area contributed by atoms with Crippen LogP contribution in [0.2, 0.25) is 0 Å². The third-order valence-corrected chi connectivity index (χ3v) is 4.08. The van der Waals surface area contributed by atoms with E-state index < -0.39 is 5.95 Å². The summed E-state index contributed by atoms with van der Waals surface area (Å²) in [5.41, 5.74) is 5.62. The molecule has 1 N–H and O–H groups in total. The standard InChI is InChI=1S/C13H18N6.C6H10FN.C2H6/c1-3-4-11-12(7-18-6-5-14-8-18)15-9-19-10(2)16-17-13(11)19;1-3-5-6(7)8-4-2;1-2/h5-6,8-9,13,17H,3-4,7H2,1-2H3;4-5H,3H2,1-2H3;1-2H3/b;6-5-,8-4-;. The largest absolute Gasteiger partial charge is 0.331 e. The summed E-state index contributed by atoms with van der Waals surface area (Å²) < 4.78 is 14.1. The molecule has 3 rings (SSSR count). The Labute approximate surface area is 173 Å². The molecule has 160 valence electrons. The average Bonchev–Trinajstić information content (AvgIpc) is 3.36. The maximum Gasteiger partial charge on any atom is 0.208 e. The first-order valence-corrected chi connectivity index (χ1v) is 10.2. The maximum absolute atomic E-state index is 12.1. The van der Waals surface area contributed by atoms with Crippen molar-refractivity contribution in [1.29, 1.82) is 0 Å². The fourth-order valence-corrected chi connectivity index (χ4v) is 2.82. The molecular formula is C21H34FN7. The van der Waals surface area contributed by atoms with Gasteiger partial charge in [0.15, 0.2) is 0 Å². The quantitative estimate of drug-likeness (QED) is 0.544. The van der Waals surface area contributed by atoms with E-state index in [1.165, 1.54) is 17.9 Å². The van der Waals surface area contributed by atoms with E-state index in [0.717, 1.165) is 30.9 Å². The highest BCUT2D eigenvalue weighted by Crippen LogP contribution is 2.26. The molecule has 0 spiro atoms. The van der Waals surface area contributed by atoms with Crippen molar-refractivity contribution in [3.8, 4) is 0 Å². The van der Waals surface area contributed by atoms with Crippen molar-refractivity contribution >= 4 is 18.4 Å². The van der Waals surface area contributed by atoms with Crippen LogP contribution in [0.1, 0.15) is 60.8 Å². The predicted octanol–water partition coefficient (Wildman–Crippen LogP) is 4.87. The van der Waals surface area contributed by atoms with Crippen LogP contribution in [0.25, 0.3) is 0 Å². The van der Waals surface area contributed by atoms with Crippen LogP contribution in [0.3, 0.4) is 0 Å². The minimum Gasteiger partial charge on any atom is -0.331 e. The lowest BCUT2D eigenvalue weighted by Crippen LogP contribution is -2.42. The van der Waals surface area contributed by atoms with Crippen LogP contribution in [0.5, 0.6) is 0 Å². The zero-order chi connectivity index (χ0) is 21.6. The van der Waals surface area contributed by atoms with Gasteiger partial charge < -0.3 is 4.57 Å². The van der Waals surface area contributed by atoms with Crippen LogP contribution in [0.4, 0.5) is 4.39 Å². The number of aliphatic imine (C=N–C) groups is 2. The highest BCUT2D eigenvalue weighted by atomic mass is 19.1. The van der Waals surface area contributed by atoms with E-state index in [1.807, 2.05) is 51.1 Å². The molecule has 3 heterocycles. The van der Waals surface area contributed by atoms with Gasteiger partial charge in [-0.3, -0.25) is 10.3 Å². The molecule has 0 bridgehead atoms. The molecule has 2 aliphatic heterocycles. The predicted molar refractivity (Wildman–Crippen MR) is 120 cm³/mol. The van der Waals surface area contributed by atoms with Crippen molar-refractivity contribution in [3.05, 3.63) is 42.0 Å². The van der Waals surface area contributed by atoms with Crippen molar-refractivity contribution in [2.24, 2.45) is 15.1 Å². The summed E-state index contributed by atoms with van der Waals surface area (Å²) in [6.07, 6.45) is 13.3. The molecule has 8 heteroatoms. The summed E-state index contributed by atoms with van der Waals surface area (Å²) in [6.45, 7) is 12.5. The Kier molecular flexibility index (Phi) is 11.2. The van der Waals surface area contributed by atoms with Crippen LogP contribution in [0.15, 0.2) is 57.1 Å². The maximum atomic E-state index is 12.1. The molecule has 0 saturated carbocycles. The van der Waals surface area contributed by atoms with Gasteiger partial charge in [-0.25, -0.2) is 15.0 Å². The van der Waals surface area contributed by atoms with E-state index in [1.54, 1.807) is 13.1 Å². The van der Waals surface area contributed by atoms with Gasteiger partial charge in [0, 0.05) is 18.6 Å². The number of fused-ring (bicyclic) bond motifs is 1. The fraction of sp³-hybridized carbons (Fsp3) is 0.524. The number of halogens is 1. The average molecular weight is 404 g/mol. The third kappa shape index (κ3) is 7.29. The SMILES string of the molecule is C/C=N\C(F)=C/CC.CC.CCCC1=C(Cn2ccnc2)N=CN2C(C)=NNC12. The van der Waals surface area contributed by atoms with E-state index >= 15 is 0 Å². The Balaban J connectivity index is 0.000000358. The molecule has 0 aliphatic carbocycles. The van der Waals surface area contributed by atoms with Crippen molar-refractivity contribution in [2.45, 2.75) is 73.5 Å². The van der Waals surface area contributed by atoms with Gasteiger partial charge in [0.25, 0.3) is 0 Å². The van der Waals surface area contributed by atoms with Crippen molar-refractivity contribution in [1.82, 2.24) is 19.9 Å². The Morgan fingerprint density at radius 2 is 2.10 bits per heavy atom. The van der Waals surface area contributed by atoms with Gasteiger partial charge in [0.2, 0.25) is 5.95 Å². The number of hydrogen-bond acceptors (Lipinski definition) is 6. The first kappa shape index (κ1) is 24.3. The molecule has 0 saturated heterocycles. The number of allylic oxidation sites excluding steroid dienone is 2. The van der Waals surface area contributed by atoms with Gasteiger partial charge in [-0.15, -0.1) is 0 Å². The van der Waals surface area contributed by atoms with E-state index in [9.17, 15) is 4.39 Å². The summed E-state index contributed by atoms with van der Waals surface area (Å²) >= 11 is 0. The van der Waals surface area contributed by atoms with Crippen molar-refractivity contribution in [2.75, 3.05) is 0 Å². The summed E-state index contributed by atoms with van der Waals surface area (Å²) in [7, 11) is 0. The van der Waals surface area contributed by atoms with E-state index in [4.69, 9.17) is 0 Å².